The topological polar surface area (TPSA) is 79.9 Å². The Morgan fingerprint density at radius 3 is 2.93 bits per heavy atom. The molecule has 8 heteroatoms. The first kappa shape index (κ1) is 18.5. The number of hydrogen-bond acceptors (Lipinski definition) is 7. The Balaban J connectivity index is 1.45. The van der Waals surface area contributed by atoms with Crippen LogP contribution in [0.3, 0.4) is 0 Å². The molecule has 0 bridgehead atoms. The quantitative estimate of drug-likeness (QED) is 0.325. The molecule has 0 radical (unpaired) electrons. The van der Waals surface area contributed by atoms with Crippen LogP contribution >= 0.6 is 23.1 Å². The number of ether oxygens (including phenoxy) is 1. The molecular weight excluding hydrogens is 392 g/mol. The van der Waals surface area contributed by atoms with E-state index >= 15 is 0 Å². The summed E-state index contributed by atoms with van der Waals surface area (Å²) in [7, 11) is 1.63. The molecule has 0 unspecified atom stereocenters. The maximum absolute atomic E-state index is 12.9. The van der Waals surface area contributed by atoms with E-state index in [-0.39, 0.29) is 11.0 Å². The second kappa shape index (κ2) is 8.04. The third-order valence-corrected chi connectivity index (χ3v) is 6.25. The number of anilines is 2. The number of carbonyl (C=O) groups is 1. The molecule has 0 fully saturated rings. The Labute approximate surface area is 170 Å². The predicted molar refractivity (Wildman–Crippen MR) is 114 cm³/mol. The molecule has 0 aliphatic heterocycles. The summed E-state index contributed by atoms with van der Waals surface area (Å²) in [5.74, 6) is 0.835. The number of aromatic nitrogens is 3. The van der Waals surface area contributed by atoms with Gasteiger partial charge < -0.3 is 15.0 Å². The van der Waals surface area contributed by atoms with Crippen molar-refractivity contribution in [3.63, 3.8) is 0 Å². The van der Waals surface area contributed by atoms with E-state index in [1.807, 2.05) is 55.5 Å². The van der Waals surface area contributed by atoms with Crippen molar-refractivity contribution in [2.75, 3.05) is 12.4 Å². The number of benzene rings is 2. The highest BCUT2D eigenvalue weighted by Gasteiger charge is 2.21. The van der Waals surface area contributed by atoms with Gasteiger partial charge >= 0.3 is 0 Å². The largest absolute Gasteiger partial charge is 0.497 e. The summed E-state index contributed by atoms with van der Waals surface area (Å²) < 4.78 is 5.97. The van der Waals surface area contributed by atoms with Crippen molar-refractivity contribution in [1.82, 2.24) is 15.2 Å². The van der Waals surface area contributed by atoms with E-state index in [4.69, 9.17) is 4.74 Å². The van der Waals surface area contributed by atoms with Gasteiger partial charge in [0.25, 0.3) is 0 Å². The smallest absolute Gasteiger partial charge is 0.210 e. The fourth-order valence-corrected chi connectivity index (χ4v) is 4.82. The minimum Gasteiger partial charge on any atom is -0.497 e. The number of rotatable bonds is 7. The zero-order valence-electron chi connectivity index (χ0n) is 15.3. The lowest BCUT2D eigenvalue weighted by molar-refractivity contribution is 0.0995. The van der Waals surface area contributed by atoms with Crippen molar-refractivity contribution in [1.29, 1.82) is 0 Å². The molecule has 0 aliphatic rings. The Hall–Kier alpha value is -2.84. The fourth-order valence-electron chi connectivity index (χ4n) is 2.83. The molecule has 4 rings (SSSR count). The van der Waals surface area contributed by atoms with Crippen molar-refractivity contribution < 1.29 is 9.53 Å². The van der Waals surface area contributed by atoms with Gasteiger partial charge in [0.2, 0.25) is 5.13 Å². The van der Waals surface area contributed by atoms with Gasteiger partial charge in [-0.25, -0.2) is 0 Å². The number of ketones is 1. The van der Waals surface area contributed by atoms with Gasteiger partial charge in [-0.1, -0.05) is 47.4 Å². The van der Waals surface area contributed by atoms with Gasteiger partial charge in [0.05, 0.1) is 12.4 Å². The SMILES string of the molecule is COc1cccc(Nc2nnc(S[C@H](C)C(=O)c3c[nH]c4ccccc34)s2)c1. The highest BCUT2D eigenvalue weighted by atomic mass is 32.2. The highest BCUT2D eigenvalue weighted by molar-refractivity contribution is 8.02. The summed E-state index contributed by atoms with van der Waals surface area (Å²) in [5.41, 5.74) is 2.54. The number of carbonyl (C=O) groups excluding carboxylic acids is 1. The number of fused-ring (bicyclic) bond motifs is 1. The zero-order valence-corrected chi connectivity index (χ0v) is 16.9. The Morgan fingerprint density at radius 2 is 2.07 bits per heavy atom. The summed E-state index contributed by atoms with van der Waals surface area (Å²) in [6, 6.07) is 15.4. The van der Waals surface area contributed by atoms with E-state index in [1.54, 1.807) is 13.3 Å². The third-order valence-electron chi connectivity index (χ3n) is 4.23. The normalized spacial score (nSPS) is 12.1. The van der Waals surface area contributed by atoms with Crippen molar-refractivity contribution in [2.24, 2.45) is 0 Å². The average molecular weight is 411 g/mol. The molecule has 2 aromatic carbocycles. The lowest BCUT2D eigenvalue weighted by Crippen LogP contribution is -2.12. The summed E-state index contributed by atoms with van der Waals surface area (Å²) in [4.78, 5) is 16.0. The number of thioether (sulfide) groups is 1. The van der Waals surface area contributed by atoms with Crippen molar-refractivity contribution >= 4 is 50.6 Å². The van der Waals surface area contributed by atoms with Crippen molar-refractivity contribution in [3.05, 3.63) is 60.3 Å². The first-order valence-corrected chi connectivity index (χ1v) is 10.4. The number of H-pyrrole nitrogens is 1. The number of Topliss-reactive ketones (excluding diaryl/α,β-unsaturated/α-hetero) is 1. The molecule has 1 atom stereocenters. The minimum absolute atomic E-state index is 0.0694. The lowest BCUT2D eigenvalue weighted by Gasteiger charge is -2.07. The minimum atomic E-state index is -0.267. The van der Waals surface area contributed by atoms with Gasteiger partial charge in [0, 0.05) is 34.4 Å². The molecule has 0 saturated heterocycles. The van der Waals surface area contributed by atoms with E-state index in [0.29, 0.717) is 10.7 Å². The summed E-state index contributed by atoms with van der Waals surface area (Å²) >= 11 is 2.83. The molecule has 4 aromatic rings. The Bertz CT molecular complexity index is 1120. The van der Waals surface area contributed by atoms with Crippen LogP contribution in [0.2, 0.25) is 0 Å². The Kier molecular flexibility index (Phi) is 5.31. The van der Waals surface area contributed by atoms with Crippen LogP contribution in [0.15, 0.2) is 59.1 Å². The molecule has 2 aromatic heterocycles. The van der Waals surface area contributed by atoms with Crippen LogP contribution in [0.1, 0.15) is 17.3 Å². The second-order valence-electron chi connectivity index (χ2n) is 6.10. The molecule has 0 amide bonds. The first-order valence-electron chi connectivity index (χ1n) is 8.65. The van der Waals surface area contributed by atoms with E-state index in [9.17, 15) is 4.79 Å². The number of methoxy groups -OCH3 is 1. The molecule has 142 valence electrons. The molecular formula is C20H18N4O2S2. The summed E-state index contributed by atoms with van der Waals surface area (Å²) in [6.45, 7) is 1.89. The van der Waals surface area contributed by atoms with E-state index < -0.39 is 0 Å². The molecule has 0 spiro atoms. The standard InChI is InChI=1S/C20H18N4O2S2/c1-12(18(25)16-11-21-17-9-4-3-8-15(16)17)27-20-24-23-19(28-20)22-13-6-5-7-14(10-13)26-2/h3-12,21H,1-2H3,(H,22,23)/t12-/m1/s1. The summed E-state index contributed by atoms with van der Waals surface area (Å²) in [5, 5.41) is 12.9. The van der Waals surface area contributed by atoms with Crippen LogP contribution in [0.5, 0.6) is 5.75 Å². The molecule has 2 heterocycles. The second-order valence-corrected chi connectivity index (χ2v) is 8.67. The van der Waals surface area contributed by atoms with Crippen molar-refractivity contribution in [3.8, 4) is 5.75 Å². The molecule has 28 heavy (non-hydrogen) atoms. The van der Waals surface area contributed by atoms with Crippen LogP contribution in [0.4, 0.5) is 10.8 Å². The number of para-hydroxylation sites is 1. The van der Waals surface area contributed by atoms with Gasteiger partial charge in [-0.2, -0.15) is 0 Å². The number of aromatic amines is 1. The maximum atomic E-state index is 12.9. The van der Waals surface area contributed by atoms with Gasteiger partial charge in [-0.05, 0) is 25.1 Å². The van der Waals surface area contributed by atoms with Gasteiger partial charge in [0.15, 0.2) is 10.1 Å². The predicted octanol–water partition coefficient (Wildman–Crippen LogP) is 5.14. The fraction of sp³-hybridized carbons (Fsp3) is 0.150. The third kappa shape index (κ3) is 3.88. The lowest BCUT2D eigenvalue weighted by atomic mass is 10.1. The first-order chi connectivity index (χ1) is 13.6. The number of hydrogen-bond donors (Lipinski definition) is 2. The van der Waals surface area contributed by atoms with Crippen LogP contribution in [0, 0.1) is 0 Å². The van der Waals surface area contributed by atoms with Crippen LogP contribution in [-0.2, 0) is 0 Å². The van der Waals surface area contributed by atoms with Gasteiger partial charge in [0.1, 0.15) is 5.75 Å². The molecule has 0 aliphatic carbocycles. The van der Waals surface area contributed by atoms with Crippen LogP contribution in [-0.4, -0.2) is 33.3 Å². The number of nitrogens with one attached hydrogen (secondary N) is 2. The molecule has 0 saturated carbocycles. The van der Waals surface area contributed by atoms with Crippen LogP contribution < -0.4 is 10.1 Å². The van der Waals surface area contributed by atoms with Crippen LogP contribution in [0.25, 0.3) is 10.9 Å². The Morgan fingerprint density at radius 1 is 1.21 bits per heavy atom. The molecule has 6 nitrogen and oxygen atoms in total. The van der Waals surface area contributed by atoms with Gasteiger partial charge in [-0.15, -0.1) is 10.2 Å². The van der Waals surface area contributed by atoms with Gasteiger partial charge in [-0.3, -0.25) is 4.79 Å². The van der Waals surface area contributed by atoms with Crippen molar-refractivity contribution in [2.45, 2.75) is 16.5 Å². The van der Waals surface area contributed by atoms with E-state index in [1.165, 1.54) is 23.1 Å². The monoisotopic (exact) mass is 410 g/mol. The average Bonchev–Trinajstić information content (AvgIpc) is 3.34. The number of nitrogens with zero attached hydrogens (tertiary/aromatic N) is 2. The van der Waals surface area contributed by atoms with E-state index in [0.717, 1.165) is 26.7 Å². The summed E-state index contributed by atoms with van der Waals surface area (Å²) in [6.07, 6.45) is 1.78. The molecule has 2 N–H and O–H groups in total. The van der Waals surface area contributed by atoms with E-state index in [2.05, 4.69) is 20.5 Å². The highest BCUT2D eigenvalue weighted by Crippen LogP contribution is 2.33. The zero-order chi connectivity index (χ0) is 19.5. The maximum Gasteiger partial charge on any atom is 0.210 e.